The van der Waals surface area contributed by atoms with E-state index >= 15 is 0 Å². The topological polar surface area (TPSA) is 67.1 Å². The van der Waals surface area contributed by atoms with Crippen LogP contribution < -0.4 is 16.0 Å². The zero-order chi connectivity index (χ0) is 14.2. The summed E-state index contributed by atoms with van der Waals surface area (Å²) < 4.78 is 0. The molecule has 0 atom stereocenters. The number of rotatable bonds is 3. The van der Waals surface area contributed by atoms with E-state index in [4.69, 9.17) is 5.73 Å². The highest BCUT2D eigenvalue weighted by molar-refractivity contribution is 5.68. The average Bonchev–Trinajstić information content (AvgIpc) is 3.30. The lowest BCUT2D eigenvalue weighted by molar-refractivity contribution is 0.759. The first-order valence-electron chi connectivity index (χ1n) is 7.56. The first-order chi connectivity index (χ1) is 10.3. The lowest BCUT2D eigenvalue weighted by Gasteiger charge is -2.30. The van der Waals surface area contributed by atoms with Crippen molar-refractivity contribution in [1.29, 1.82) is 0 Å². The van der Waals surface area contributed by atoms with E-state index in [0.717, 1.165) is 31.0 Å². The normalized spacial score (nSPS) is 17.4. The van der Waals surface area contributed by atoms with Gasteiger partial charge < -0.3 is 16.0 Å². The van der Waals surface area contributed by atoms with Crippen molar-refractivity contribution in [3.63, 3.8) is 0 Å². The molecule has 1 saturated carbocycles. The fourth-order valence-corrected chi connectivity index (χ4v) is 2.87. The lowest BCUT2D eigenvalue weighted by Crippen LogP contribution is -2.26. The van der Waals surface area contributed by atoms with Gasteiger partial charge >= 0.3 is 0 Å². The summed E-state index contributed by atoms with van der Waals surface area (Å²) in [5.74, 6) is 2.06. The SMILES string of the molecule is Nc1nc(NC2CC2)cc(N2CCCc3ccccc32)n1. The number of fused-ring (bicyclic) bond motifs is 1. The van der Waals surface area contributed by atoms with Crippen molar-refractivity contribution in [3.8, 4) is 0 Å². The van der Waals surface area contributed by atoms with Crippen molar-refractivity contribution in [2.24, 2.45) is 0 Å². The number of nitrogens with one attached hydrogen (secondary N) is 1. The van der Waals surface area contributed by atoms with Crippen molar-refractivity contribution in [1.82, 2.24) is 9.97 Å². The van der Waals surface area contributed by atoms with E-state index in [0.29, 0.717) is 12.0 Å². The Morgan fingerprint density at radius 3 is 2.90 bits per heavy atom. The maximum absolute atomic E-state index is 5.89. The summed E-state index contributed by atoms with van der Waals surface area (Å²) in [6, 6.07) is 11.1. The van der Waals surface area contributed by atoms with Crippen LogP contribution in [0, 0.1) is 0 Å². The molecule has 2 aromatic rings. The largest absolute Gasteiger partial charge is 0.368 e. The number of nitrogens with two attached hydrogens (primary N) is 1. The molecule has 2 aliphatic rings. The Labute approximate surface area is 124 Å². The molecule has 1 aromatic carbocycles. The monoisotopic (exact) mass is 281 g/mol. The van der Waals surface area contributed by atoms with Gasteiger partial charge in [0.05, 0.1) is 0 Å². The van der Waals surface area contributed by atoms with Gasteiger partial charge in [-0.25, -0.2) is 0 Å². The van der Waals surface area contributed by atoms with Gasteiger partial charge in [0.15, 0.2) is 0 Å². The third-order valence-corrected chi connectivity index (χ3v) is 4.05. The Morgan fingerprint density at radius 2 is 2.05 bits per heavy atom. The number of aryl methyl sites for hydroxylation is 1. The number of hydrogen-bond acceptors (Lipinski definition) is 5. The lowest BCUT2D eigenvalue weighted by atomic mass is 10.0. The third kappa shape index (κ3) is 2.51. The molecule has 1 fully saturated rings. The molecular formula is C16H19N5. The van der Waals surface area contributed by atoms with Gasteiger partial charge in [0, 0.05) is 24.3 Å². The molecule has 108 valence electrons. The predicted octanol–water partition coefficient (Wildman–Crippen LogP) is 2.72. The smallest absolute Gasteiger partial charge is 0.223 e. The Balaban J connectivity index is 1.71. The second kappa shape index (κ2) is 4.91. The third-order valence-electron chi connectivity index (χ3n) is 4.05. The number of nitrogens with zero attached hydrogens (tertiary/aromatic N) is 3. The Kier molecular flexibility index (Phi) is 2.91. The number of aromatic nitrogens is 2. The quantitative estimate of drug-likeness (QED) is 0.905. The molecule has 0 bridgehead atoms. The molecule has 0 unspecified atom stereocenters. The molecule has 0 spiro atoms. The van der Waals surface area contributed by atoms with Gasteiger partial charge in [0.25, 0.3) is 0 Å². The molecule has 1 aliphatic carbocycles. The predicted molar refractivity (Wildman–Crippen MR) is 84.9 cm³/mol. The highest BCUT2D eigenvalue weighted by Gasteiger charge is 2.23. The van der Waals surface area contributed by atoms with Crippen molar-refractivity contribution < 1.29 is 0 Å². The highest BCUT2D eigenvalue weighted by Crippen LogP contribution is 2.34. The minimum absolute atomic E-state index is 0.332. The molecule has 0 saturated heterocycles. The molecule has 5 heteroatoms. The molecule has 0 radical (unpaired) electrons. The minimum atomic E-state index is 0.332. The van der Waals surface area contributed by atoms with Gasteiger partial charge in [0.2, 0.25) is 5.95 Å². The van der Waals surface area contributed by atoms with Gasteiger partial charge in [-0.15, -0.1) is 0 Å². The Morgan fingerprint density at radius 1 is 1.19 bits per heavy atom. The summed E-state index contributed by atoms with van der Waals surface area (Å²) in [6.45, 7) is 0.969. The van der Waals surface area contributed by atoms with Crippen LogP contribution in [0.5, 0.6) is 0 Å². The number of hydrogen-bond donors (Lipinski definition) is 2. The van der Waals surface area contributed by atoms with Crippen LogP contribution in [0.3, 0.4) is 0 Å². The van der Waals surface area contributed by atoms with Crippen LogP contribution in [0.15, 0.2) is 30.3 Å². The van der Waals surface area contributed by atoms with Crippen LogP contribution in [-0.2, 0) is 6.42 Å². The van der Waals surface area contributed by atoms with E-state index in [1.165, 1.54) is 24.1 Å². The van der Waals surface area contributed by atoms with Crippen molar-refractivity contribution >= 4 is 23.3 Å². The standard InChI is InChI=1S/C16H19N5/c17-16-19-14(18-12-7-8-12)10-15(20-16)21-9-3-5-11-4-1-2-6-13(11)21/h1-2,4,6,10,12H,3,5,7-9H2,(H3,17,18,19,20). The van der Waals surface area contributed by atoms with E-state index in [2.05, 4.69) is 44.5 Å². The summed E-state index contributed by atoms with van der Waals surface area (Å²) in [5, 5.41) is 3.40. The molecule has 3 N–H and O–H groups in total. The van der Waals surface area contributed by atoms with Gasteiger partial charge in [-0.3, -0.25) is 0 Å². The van der Waals surface area contributed by atoms with E-state index < -0.39 is 0 Å². The van der Waals surface area contributed by atoms with Crippen LogP contribution >= 0.6 is 0 Å². The molecule has 2 heterocycles. The van der Waals surface area contributed by atoms with E-state index in [1.807, 2.05) is 6.07 Å². The van der Waals surface area contributed by atoms with Gasteiger partial charge in [0.1, 0.15) is 11.6 Å². The molecule has 1 aliphatic heterocycles. The second-order valence-electron chi connectivity index (χ2n) is 5.77. The number of para-hydroxylation sites is 1. The Bertz CT molecular complexity index is 665. The first-order valence-corrected chi connectivity index (χ1v) is 7.56. The van der Waals surface area contributed by atoms with Gasteiger partial charge in [-0.1, -0.05) is 18.2 Å². The molecule has 5 nitrogen and oxygen atoms in total. The summed E-state index contributed by atoms with van der Waals surface area (Å²) in [5.41, 5.74) is 8.50. The van der Waals surface area contributed by atoms with Gasteiger partial charge in [-0.2, -0.15) is 9.97 Å². The zero-order valence-electron chi connectivity index (χ0n) is 11.9. The fraction of sp³-hybridized carbons (Fsp3) is 0.375. The van der Waals surface area contributed by atoms with Crippen LogP contribution in [0.25, 0.3) is 0 Å². The molecule has 1 aromatic heterocycles. The Hall–Kier alpha value is -2.30. The maximum Gasteiger partial charge on any atom is 0.223 e. The summed E-state index contributed by atoms with van der Waals surface area (Å²) in [7, 11) is 0. The first kappa shape index (κ1) is 12.4. The number of nitrogen functional groups attached to an aromatic ring is 1. The summed E-state index contributed by atoms with van der Waals surface area (Å²) in [4.78, 5) is 11.0. The molecule has 4 rings (SSSR count). The summed E-state index contributed by atoms with van der Waals surface area (Å²) >= 11 is 0. The van der Waals surface area contributed by atoms with Crippen LogP contribution in [0.4, 0.5) is 23.3 Å². The van der Waals surface area contributed by atoms with Gasteiger partial charge in [-0.05, 0) is 37.3 Å². The zero-order valence-corrected chi connectivity index (χ0v) is 11.9. The average molecular weight is 281 g/mol. The second-order valence-corrected chi connectivity index (χ2v) is 5.77. The molecule has 0 amide bonds. The fourth-order valence-electron chi connectivity index (χ4n) is 2.87. The van der Waals surface area contributed by atoms with Crippen molar-refractivity contribution in [3.05, 3.63) is 35.9 Å². The maximum atomic E-state index is 5.89. The van der Waals surface area contributed by atoms with Crippen LogP contribution in [-0.4, -0.2) is 22.6 Å². The van der Waals surface area contributed by atoms with E-state index in [9.17, 15) is 0 Å². The highest BCUT2D eigenvalue weighted by atomic mass is 15.2. The van der Waals surface area contributed by atoms with Crippen molar-refractivity contribution in [2.45, 2.75) is 31.7 Å². The van der Waals surface area contributed by atoms with E-state index in [-0.39, 0.29) is 0 Å². The van der Waals surface area contributed by atoms with E-state index in [1.54, 1.807) is 0 Å². The molecular weight excluding hydrogens is 262 g/mol. The number of benzene rings is 1. The van der Waals surface area contributed by atoms with Crippen LogP contribution in [0.2, 0.25) is 0 Å². The molecule has 21 heavy (non-hydrogen) atoms. The summed E-state index contributed by atoms with van der Waals surface area (Å²) in [6.07, 6.45) is 4.68. The minimum Gasteiger partial charge on any atom is -0.368 e. The van der Waals surface area contributed by atoms with Crippen LogP contribution in [0.1, 0.15) is 24.8 Å². The van der Waals surface area contributed by atoms with Crippen molar-refractivity contribution in [2.75, 3.05) is 22.5 Å². The number of anilines is 4.